The van der Waals surface area contributed by atoms with E-state index >= 15 is 0 Å². The summed E-state index contributed by atoms with van der Waals surface area (Å²) in [6.07, 6.45) is 0.753. The van der Waals surface area contributed by atoms with Crippen LogP contribution in [0.1, 0.15) is 39.2 Å². The van der Waals surface area contributed by atoms with Gasteiger partial charge in [-0.3, -0.25) is 0 Å². The molecule has 3 rings (SSSR count). The van der Waals surface area contributed by atoms with Gasteiger partial charge in [0, 0.05) is 16.4 Å². The first-order chi connectivity index (χ1) is 14.5. The van der Waals surface area contributed by atoms with Gasteiger partial charge in [-0.05, 0) is 51.7 Å². The summed E-state index contributed by atoms with van der Waals surface area (Å²) >= 11 is 4.94. The minimum atomic E-state index is -1.47. The summed E-state index contributed by atoms with van der Waals surface area (Å²) in [7, 11) is 2.52. The summed E-state index contributed by atoms with van der Waals surface area (Å²) in [5.74, 6) is -1.28. The molecule has 1 fully saturated rings. The lowest BCUT2D eigenvalue weighted by Gasteiger charge is -2.38. The quantitative estimate of drug-likeness (QED) is 0.484. The minimum absolute atomic E-state index is 0.133. The fourth-order valence-corrected chi connectivity index (χ4v) is 5.24. The van der Waals surface area contributed by atoms with Crippen molar-refractivity contribution in [2.45, 2.75) is 62.5 Å². The van der Waals surface area contributed by atoms with Crippen molar-refractivity contribution in [1.82, 2.24) is 4.72 Å². The average molecular weight is 470 g/mol. The van der Waals surface area contributed by atoms with E-state index in [0.717, 1.165) is 5.56 Å². The van der Waals surface area contributed by atoms with Gasteiger partial charge < -0.3 is 18.8 Å². The fraction of sp³-hybridized carbons (Fsp3) is 0.545. The van der Waals surface area contributed by atoms with Crippen LogP contribution in [-0.2, 0) is 41.6 Å². The number of ether oxygens (including phenoxy) is 3. The smallest absolute Gasteiger partial charge is 0.337 e. The molecule has 0 amide bonds. The molecule has 31 heavy (non-hydrogen) atoms. The third-order valence-corrected chi connectivity index (χ3v) is 7.67. The molecule has 4 unspecified atom stereocenters. The number of methoxy groups -OCH3 is 2. The summed E-state index contributed by atoms with van der Waals surface area (Å²) in [4.78, 5) is 25.4. The number of rotatable bonds is 7. The predicted molar refractivity (Wildman–Crippen MR) is 118 cm³/mol. The van der Waals surface area contributed by atoms with Crippen LogP contribution in [-0.4, -0.2) is 53.2 Å². The molecule has 170 valence electrons. The Hall–Kier alpha value is -1.58. The lowest BCUT2D eigenvalue weighted by Crippen LogP contribution is -2.57. The van der Waals surface area contributed by atoms with E-state index in [1.54, 1.807) is 6.07 Å². The number of fused-ring (bicyclic) bond motifs is 2. The summed E-state index contributed by atoms with van der Waals surface area (Å²) in [6.45, 7) is 5.55. The van der Waals surface area contributed by atoms with E-state index < -0.39 is 45.8 Å². The normalized spacial score (nSPS) is 24.8. The number of esters is 2. The number of nitrogens with one attached hydrogen (secondary N) is 1. The van der Waals surface area contributed by atoms with Crippen molar-refractivity contribution in [3.05, 3.63) is 46.0 Å². The number of halogens is 1. The highest BCUT2D eigenvalue weighted by molar-refractivity contribution is 7.90. The fourth-order valence-electron chi connectivity index (χ4n) is 4.14. The molecule has 9 heteroatoms. The number of carbonyl (C=O) groups is 2. The molecule has 4 atom stereocenters. The van der Waals surface area contributed by atoms with Crippen LogP contribution in [0.25, 0.3) is 0 Å². The zero-order valence-electron chi connectivity index (χ0n) is 18.3. The van der Waals surface area contributed by atoms with Crippen molar-refractivity contribution in [3.8, 4) is 0 Å². The van der Waals surface area contributed by atoms with Gasteiger partial charge in [0.2, 0.25) is 0 Å². The van der Waals surface area contributed by atoms with Crippen LogP contribution in [0.3, 0.4) is 0 Å². The SMILES string of the molecule is COC(=O)C1=C(C(=O)OC)C2(C(Cc3ccccc3Cl)N[S+]([O-])C(C)(C)C)CCC1O2. The Bertz CT molecular complexity index is 898. The summed E-state index contributed by atoms with van der Waals surface area (Å²) in [6, 6.07) is 6.73. The molecule has 0 radical (unpaired) electrons. The van der Waals surface area contributed by atoms with Crippen LogP contribution in [0, 0.1) is 0 Å². The zero-order valence-corrected chi connectivity index (χ0v) is 19.9. The molecule has 0 spiro atoms. The monoisotopic (exact) mass is 469 g/mol. The summed E-state index contributed by atoms with van der Waals surface area (Å²) < 4.78 is 31.9. The van der Waals surface area contributed by atoms with Crippen LogP contribution in [0.2, 0.25) is 5.02 Å². The average Bonchev–Trinajstić information content (AvgIpc) is 3.30. The first-order valence-electron chi connectivity index (χ1n) is 10.1. The maximum absolute atomic E-state index is 13.1. The van der Waals surface area contributed by atoms with E-state index in [2.05, 4.69) is 4.72 Å². The maximum Gasteiger partial charge on any atom is 0.337 e. The third kappa shape index (κ3) is 4.50. The van der Waals surface area contributed by atoms with Crippen molar-refractivity contribution in [1.29, 1.82) is 0 Å². The maximum atomic E-state index is 13.1. The minimum Gasteiger partial charge on any atom is -0.598 e. The topological polar surface area (TPSA) is 96.9 Å². The van der Waals surface area contributed by atoms with Crippen molar-refractivity contribution in [3.63, 3.8) is 0 Å². The van der Waals surface area contributed by atoms with E-state index in [0.29, 0.717) is 24.3 Å². The standard InChI is InChI=1S/C22H28ClNO6S/c1-21(2,3)31(27)24-16(12-13-8-6-7-9-14(13)23)22-11-10-15(30-22)17(19(25)28-4)18(22)20(26)29-5/h6-9,15-16,24H,10-12H2,1-5H3. The van der Waals surface area contributed by atoms with Crippen LogP contribution in [0.15, 0.2) is 35.4 Å². The molecule has 1 aromatic carbocycles. The Morgan fingerprint density at radius 2 is 1.94 bits per heavy atom. The highest BCUT2D eigenvalue weighted by Crippen LogP contribution is 2.51. The van der Waals surface area contributed by atoms with Crippen molar-refractivity contribution in [2.75, 3.05) is 14.2 Å². The van der Waals surface area contributed by atoms with Gasteiger partial charge in [-0.15, -0.1) is 4.72 Å². The van der Waals surface area contributed by atoms with Gasteiger partial charge in [0.05, 0.1) is 37.5 Å². The van der Waals surface area contributed by atoms with Gasteiger partial charge in [-0.2, -0.15) is 0 Å². The van der Waals surface area contributed by atoms with Gasteiger partial charge in [0.25, 0.3) is 0 Å². The van der Waals surface area contributed by atoms with Crippen LogP contribution >= 0.6 is 11.6 Å². The van der Waals surface area contributed by atoms with E-state index in [9.17, 15) is 14.1 Å². The first kappa shape index (κ1) is 24.1. The first-order valence-corrected chi connectivity index (χ1v) is 11.6. The summed E-state index contributed by atoms with van der Waals surface area (Å²) in [5.41, 5.74) is -0.0761. The number of carbonyl (C=O) groups excluding carboxylic acids is 2. The Labute approximate surface area is 190 Å². The van der Waals surface area contributed by atoms with E-state index in [1.165, 1.54) is 14.2 Å². The van der Waals surface area contributed by atoms with Gasteiger partial charge in [-0.1, -0.05) is 29.8 Å². The van der Waals surface area contributed by atoms with Crippen LogP contribution < -0.4 is 4.72 Å². The van der Waals surface area contributed by atoms with E-state index in [4.69, 9.17) is 25.8 Å². The highest BCUT2D eigenvalue weighted by atomic mass is 35.5. The molecule has 2 aliphatic heterocycles. The summed E-state index contributed by atoms with van der Waals surface area (Å²) in [5, 5.41) is 0.552. The molecule has 2 aliphatic rings. The molecule has 2 bridgehead atoms. The second-order valence-electron chi connectivity index (χ2n) is 8.65. The molecule has 0 aliphatic carbocycles. The highest BCUT2D eigenvalue weighted by Gasteiger charge is 2.62. The Balaban J connectivity index is 2.12. The number of hydrogen-bond donors (Lipinski definition) is 1. The molecular formula is C22H28ClNO6S. The largest absolute Gasteiger partial charge is 0.598 e. The van der Waals surface area contributed by atoms with Crippen molar-refractivity contribution in [2.24, 2.45) is 0 Å². The van der Waals surface area contributed by atoms with Gasteiger partial charge in [0.15, 0.2) is 0 Å². The molecule has 1 saturated heterocycles. The molecule has 0 saturated carbocycles. The van der Waals surface area contributed by atoms with Crippen LogP contribution in [0.4, 0.5) is 0 Å². The molecule has 0 aromatic heterocycles. The molecule has 1 N–H and O–H groups in total. The second kappa shape index (κ2) is 9.11. The van der Waals surface area contributed by atoms with Gasteiger partial charge in [0.1, 0.15) is 10.3 Å². The van der Waals surface area contributed by atoms with Gasteiger partial charge in [-0.25, -0.2) is 9.59 Å². The Morgan fingerprint density at radius 3 is 2.52 bits per heavy atom. The predicted octanol–water partition coefficient (Wildman–Crippen LogP) is 2.88. The lowest BCUT2D eigenvalue weighted by atomic mass is 9.76. The zero-order chi connectivity index (χ0) is 23.0. The van der Waals surface area contributed by atoms with Crippen molar-refractivity contribution >= 4 is 34.9 Å². The molecule has 7 nitrogen and oxygen atoms in total. The van der Waals surface area contributed by atoms with Gasteiger partial charge >= 0.3 is 11.9 Å². The number of benzene rings is 1. The van der Waals surface area contributed by atoms with Crippen LogP contribution in [0.5, 0.6) is 0 Å². The van der Waals surface area contributed by atoms with Crippen molar-refractivity contribution < 1.29 is 28.4 Å². The molecule has 1 aromatic rings. The Kier molecular flexibility index (Phi) is 7.08. The lowest BCUT2D eigenvalue weighted by molar-refractivity contribution is -0.140. The van der Waals surface area contributed by atoms with E-state index in [1.807, 2.05) is 39.0 Å². The molecular weight excluding hydrogens is 442 g/mol. The Morgan fingerprint density at radius 1 is 1.29 bits per heavy atom. The third-order valence-electron chi connectivity index (χ3n) is 5.69. The number of hydrogen-bond acceptors (Lipinski definition) is 7. The van der Waals surface area contributed by atoms with E-state index in [-0.39, 0.29) is 11.1 Å². The molecule has 2 heterocycles. The second-order valence-corrected chi connectivity index (χ2v) is 11.1.